The lowest BCUT2D eigenvalue weighted by Gasteiger charge is -2.09. The number of carbonyl (C=O) groups is 1. The number of rotatable bonds is 5. The van der Waals surface area contributed by atoms with Gasteiger partial charge in [-0.15, -0.1) is 5.10 Å². The average Bonchev–Trinajstić information content (AvgIpc) is 3.05. The van der Waals surface area contributed by atoms with Crippen molar-refractivity contribution in [3.8, 4) is 5.69 Å². The Labute approximate surface area is 147 Å². The lowest BCUT2D eigenvalue weighted by Crippen LogP contribution is -2.03. The zero-order valence-corrected chi connectivity index (χ0v) is 14.2. The molecule has 0 radical (unpaired) electrons. The van der Waals surface area contributed by atoms with Gasteiger partial charge in [0.2, 0.25) is 5.16 Å². The van der Waals surface area contributed by atoms with E-state index in [1.807, 2.05) is 32.0 Å². The smallest absolute Gasteiger partial charge is 0.284 e. The number of aldehydes is 1. The predicted octanol–water partition coefficient (Wildman–Crippen LogP) is 3.15. The van der Waals surface area contributed by atoms with Gasteiger partial charge in [-0.2, -0.15) is 4.68 Å². The molecule has 0 aliphatic carbocycles. The van der Waals surface area contributed by atoms with Crippen LogP contribution in [-0.4, -0.2) is 31.4 Å². The van der Waals surface area contributed by atoms with Crippen LogP contribution in [0.4, 0.5) is 5.69 Å². The number of hydrogen-bond acceptors (Lipinski definition) is 7. The Bertz CT molecular complexity index is 970. The molecule has 0 spiro atoms. The molecule has 0 N–H and O–H groups in total. The molecule has 9 heteroatoms. The van der Waals surface area contributed by atoms with Gasteiger partial charge < -0.3 is 0 Å². The van der Waals surface area contributed by atoms with Gasteiger partial charge in [0.15, 0.2) is 0 Å². The van der Waals surface area contributed by atoms with E-state index in [9.17, 15) is 14.9 Å². The first-order valence-electron chi connectivity index (χ1n) is 7.27. The molecule has 0 aliphatic rings. The number of nitro benzene ring substituents is 1. The van der Waals surface area contributed by atoms with Crippen LogP contribution in [-0.2, 0) is 0 Å². The highest BCUT2D eigenvalue weighted by atomic mass is 32.2. The Morgan fingerprint density at radius 2 is 2.04 bits per heavy atom. The van der Waals surface area contributed by atoms with Crippen LogP contribution in [0.15, 0.2) is 46.5 Å². The molecule has 0 fully saturated rings. The third-order valence-corrected chi connectivity index (χ3v) is 4.76. The van der Waals surface area contributed by atoms with E-state index >= 15 is 0 Å². The minimum absolute atomic E-state index is 0.162. The van der Waals surface area contributed by atoms with Crippen LogP contribution in [0.1, 0.15) is 21.5 Å². The van der Waals surface area contributed by atoms with Gasteiger partial charge in [-0.1, -0.05) is 18.2 Å². The topological polar surface area (TPSA) is 104 Å². The summed E-state index contributed by atoms with van der Waals surface area (Å²) in [6.45, 7) is 3.95. The highest BCUT2D eigenvalue weighted by Crippen LogP contribution is 2.35. The van der Waals surface area contributed by atoms with Crippen LogP contribution in [0, 0.1) is 24.0 Å². The zero-order chi connectivity index (χ0) is 18.0. The number of nitrogens with zero attached hydrogens (tertiary/aromatic N) is 5. The normalized spacial score (nSPS) is 10.6. The third kappa shape index (κ3) is 3.26. The fraction of sp³-hybridized carbons (Fsp3) is 0.125. The van der Waals surface area contributed by atoms with Crippen LogP contribution in [0.3, 0.4) is 0 Å². The average molecular weight is 355 g/mol. The Balaban J connectivity index is 2.04. The van der Waals surface area contributed by atoms with E-state index in [1.54, 1.807) is 4.68 Å². The first-order valence-corrected chi connectivity index (χ1v) is 8.09. The van der Waals surface area contributed by atoms with E-state index in [1.165, 1.54) is 18.2 Å². The molecular weight excluding hydrogens is 342 g/mol. The van der Waals surface area contributed by atoms with Crippen molar-refractivity contribution in [2.24, 2.45) is 0 Å². The second kappa shape index (κ2) is 6.81. The number of hydrogen-bond donors (Lipinski definition) is 0. The van der Waals surface area contributed by atoms with Gasteiger partial charge in [-0.3, -0.25) is 14.9 Å². The lowest BCUT2D eigenvalue weighted by atomic mass is 10.1. The van der Waals surface area contributed by atoms with Crippen LogP contribution in [0.5, 0.6) is 0 Å². The van der Waals surface area contributed by atoms with Gasteiger partial charge >= 0.3 is 0 Å². The monoisotopic (exact) mass is 355 g/mol. The van der Waals surface area contributed by atoms with Gasteiger partial charge in [0, 0.05) is 11.6 Å². The second-order valence-corrected chi connectivity index (χ2v) is 6.31. The van der Waals surface area contributed by atoms with E-state index in [0.29, 0.717) is 16.3 Å². The maximum atomic E-state index is 11.3. The van der Waals surface area contributed by atoms with E-state index in [2.05, 4.69) is 15.5 Å². The zero-order valence-electron chi connectivity index (χ0n) is 13.4. The van der Waals surface area contributed by atoms with Gasteiger partial charge in [0.25, 0.3) is 5.69 Å². The van der Waals surface area contributed by atoms with Crippen molar-refractivity contribution in [1.29, 1.82) is 0 Å². The van der Waals surface area contributed by atoms with Crippen molar-refractivity contribution in [2.45, 2.75) is 23.9 Å². The summed E-state index contributed by atoms with van der Waals surface area (Å²) in [6, 6.07) is 10.0. The minimum Gasteiger partial charge on any atom is -0.298 e. The lowest BCUT2D eigenvalue weighted by molar-refractivity contribution is -0.387. The van der Waals surface area contributed by atoms with Gasteiger partial charge in [0.05, 0.1) is 15.5 Å². The van der Waals surface area contributed by atoms with Crippen LogP contribution >= 0.6 is 11.8 Å². The number of carbonyl (C=O) groups excluding carboxylic acids is 1. The number of aromatic nitrogens is 4. The molecule has 3 rings (SSSR count). The van der Waals surface area contributed by atoms with Gasteiger partial charge in [0.1, 0.15) is 6.29 Å². The van der Waals surface area contributed by atoms with Crippen molar-refractivity contribution < 1.29 is 9.72 Å². The summed E-state index contributed by atoms with van der Waals surface area (Å²) >= 11 is 1.07. The summed E-state index contributed by atoms with van der Waals surface area (Å²) in [5.74, 6) is 0. The molecule has 0 aliphatic heterocycles. The van der Waals surface area contributed by atoms with E-state index in [0.717, 1.165) is 28.6 Å². The highest BCUT2D eigenvalue weighted by molar-refractivity contribution is 7.99. The van der Waals surface area contributed by atoms with Crippen molar-refractivity contribution in [2.75, 3.05) is 0 Å². The Hall–Kier alpha value is -3.07. The quantitative estimate of drug-likeness (QED) is 0.393. The number of benzene rings is 2. The molecule has 0 unspecified atom stereocenters. The molecule has 126 valence electrons. The van der Waals surface area contributed by atoms with E-state index in [4.69, 9.17) is 0 Å². The molecule has 0 amide bonds. The fourth-order valence-electron chi connectivity index (χ4n) is 2.29. The summed E-state index contributed by atoms with van der Waals surface area (Å²) < 4.78 is 1.55. The molecule has 25 heavy (non-hydrogen) atoms. The van der Waals surface area contributed by atoms with Crippen LogP contribution in [0.2, 0.25) is 0 Å². The molecule has 0 atom stereocenters. The van der Waals surface area contributed by atoms with Crippen molar-refractivity contribution in [3.63, 3.8) is 0 Å². The second-order valence-electron chi connectivity index (χ2n) is 5.30. The number of tetrazole rings is 1. The predicted molar refractivity (Wildman–Crippen MR) is 91.2 cm³/mol. The molecular formula is C16H13N5O3S. The number of nitro groups is 1. The van der Waals surface area contributed by atoms with Crippen LogP contribution in [0.25, 0.3) is 5.69 Å². The standard InChI is InChI=1S/C16H13N5O3S/c1-10-4-3-5-13(11(10)2)20-16(17-18-19-20)25-15-7-6-12(9-22)8-14(15)21(23)24/h3-9H,1-2H3. The van der Waals surface area contributed by atoms with Gasteiger partial charge in [-0.25, -0.2) is 0 Å². The third-order valence-electron chi connectivity index (χ3n) is 3.76. The summed E-state index contributed by atoms with van der Waals surface area (Å²) in [5, 5.41) is 23.4. The summed E-state index contributed by atoms with van der Waals surface area (Å²) in [4.78, 5) is 22.0. The van der Waals surface area contributed by atoms with Crippen LogP contribution < -0.4 is 0 Å². The van der Waals surface area contributed by atoms with E-state index < -0.39 is 4.92 Å². The van der Waals surface area contributed by atoms with Crippen molar-refractivity contribution in [1.82, 2.24) is 20.2 Å². The van der Waals surface area contributed by atoms with Gasteiger partial charge in [-0.05, 0) is 59.3 Å². The molecule has 0 saturated carbocycles. The largest absolute Gasteiger partial charge is 0.298 e. The Morgan fingerprint density at radius 3 is 2.76 bits per heavy atom. The summed E-state index contributed by atoms with van der Waals surface area (Å²) in [5.41, 5.74) is 2.99. The number of aryl methyl sites for hydroxylation is 1. The van der Waals surface area contributed by atoms with E-state index in [-0.39, 0.29) is 11.3 Å². The molecule has 0 saturated heterocycles. The molecule has 1 aromatic heterocycles. The van der Waals surface area contributed by atoms with Crippen molar-refractivity contribution >= 4 is 23.7 Å². The Kier molecular flexibility index (Phi) is 4.57. The summed E-state index contributed by atoms with van der Waals surface area (Å²) in [7, 11) is 0. The maximum absolute atomic E-state index is 11.3. The Morgan fingerprint density at radius 1 is 1.24 bits per heavy atom. The van der Waals surface area contributed by atoms with Crippen molar-refractivity contribution in [3.05, 3.63) is 63.2 Å². The molecule has 8 nitrogen and oxygen atoms in total. The fourth-order valence-corrected chi connectivity index (χ4v) is 3.16. The maximum Gasteiger partial charge on any atom is 0.284 e. The first-order chi connectivity index (χ1) is 12.0. The molecule has 3 aromatic rings. The molecule has 0 bridgehead atoms. The minimum atomic E-state index is -0.526. The SMILES string of the molecule is Cc1cccc(-n2nnnc2Sc2ccc(C=O)cc2[N+](=O)[O-])c1C. The summed E-state index contributed by atoms with van der Waals surface area (Å²) in [6.07, 6.45) is 0.571. The first kappa shape index (κ1) is 16.8. The molecule has 2 aromatic carbocycles. The molecule has 1 heterocycles. The highest BCUT2D eigenvalue weighted by Gasteiger charge is 2.20.